The van der Waals surface area contributed by atoms with Gasteiger partial charge in [0, 0.05) is 16.3 Å². The minimum atomic E-state index is 0.116. The van der Waals surface area contributed by atoms with Crippen LogP contribution in [0.4, 0.5) is 0 Å². The predicted octanol–water partition coefficient (Wildman–Crippen LogP) is 3.50. The standard InChI is InChI=1S/C17H21N3OS2/c1-9(11-6-7-11)18-14(21)8-22-16-15-12-4-3-5-13(12)23-17(15)20-10(2)19-16/h9,11H,3-8H2,1-2H3,(H,18,21)/t9-/m1/s1. The predicted molar refractivity (Wildman–Crippen MR) is 95.2 cm³/mol. The Balaban J connectivity index is 1.52. The van der Waals surface area contributed by atoms with Crippen LogP contribution in [-0.4, -0.2) is 27.7 Å². The van der Waals surface area contributed by atoms with Crippen molar-refractivity contribution in [2.45, 2.75) is 57.0 Å². The Morgan fingerprint density at radius 2 is 2.22 bits per heavy atom. The van der Waals surface area contributed by atoms with Crippen LogP contribution in [0.2, 0.25) is 0 Å². The highest BCUT2D eigenvalue weighted by Gasteiger charge is 2.29. The van der Waals surface area contributed by atoms with Crippen molar-refractivity contribution in [3.05, 3.63) is 16.3 Å². The Kier molecular flexibility index (Phi) is 4.05. The fraction of sp³-hybridized carbons (Fsp3) is 0.588. The van der Waals surface area contributed by atoms with E-state index < -0.39 is 0 Å². The number of hydrogen-bond acceptors (Lipinski definition) is 5. The van der Waals surface area contributed by atoms with Crippen molar-refractivity contribution in [3.8, 4) is 0 Å². The van der Waals surface area contributed by atoms with Gasteiger partial charge in [0.1, 0.15) is 15.7 Å². The van der Waals surface area contributed by atoms with Gasteiger partial charge >= 0.3 is 0 Å². The SMILES string of the molecule is Cc1nc(SCC(=O)N[C@H](C)C2CC2)c2c3c(sc2n1)CCC3. The van der Waals surface area contributed by atoms with Crippen LogP contribution in [0.15, 0.2) is 5.03 Å². The lowest BCUT2D eigenvalue weighted by molar-refractivity contribution is -0.119. The molecule has 1 fully saturated rings. The van der Waals surface area contributed by atoms with E-state index >= 15 is 0 Å². The summed E-state index contributed by atoms with van der Waals surface area (Å²) in [5.74, 6) is 2.04. The third kappa shape index (κ3) is 3.11. The van der Waals surface area contributed by atoms with Gasteiger partial charge in [-0.25, -0.2) is 9.97 Å². The molecule has 0 unspecified atom stereocenters. The number of fused-ring (bicyclic) bond motifs is 3. The molecule has 0 aliphatic heterocycles. The Morgan fingerprint density at radius 3 is 3.00 bits per heavy atom. The zero-order valence-electron chi connectivity index (χ0n) is 13.5. The zero-order chi connectivity index (χ0) is 16.0. The molecule has 0 spiro atoms. The summed E-state index contributed by atoms with van der Waals surface area (Å²) < 4.78 is 0. The van der Waals surface area contributed by atoms with Crippen LogP contribution in [0.25, 0.3) is 10.2 Å². The van der Waals surface area contributed by atoms with E-state index in [-0.39, 0.29) is 5.91 Å². The van der Waals surface area contributed by atoms with E-state index in [9.17, 15) is 4.79 Å². The lowest BCUT2D eigenvalue weighted by Crippen LogP contribution is -2.35. The quantitative estimate of drug-likeness (QED) is 0.664. The molecule has 23 heavy (non-hydrogen) atoms. The molecule has 0 radical (unpaired) electrons. The molecule has 1 amide bonds. The van der Waals surface area contributed by atoms with E-state index in [1.54, 1.807) is 23.1 Å². The smallest absolute Gasteiger partial charge is 0.230 e. The minimum absolute atomic E-state index is 0.116. The fourth-order valence-corrected chi connectivity index (χ4v) is 5.60. The second-order valence-corrected chi connectivity index (χ2v) is 8.64. The summed E-state index contributed by atoms with van der Waals surface area (Å²) in [7, 11) is 0. The largest absolute Gasteiger partial charge is 0.353 e. The molecule has 2 aromatic heterocycles. The van der Waals surface area contributed by atoms with E-state index in [0.717, 1.165) is 22.1 Å². The number of thiophene rings is 1. The highest BCUT2D eigenvalue weighted by molar-refractivity contribution is 8.00. The summed E-state index contributed by atoms with van der Waals surface area (Å²) in [6.45, 7) is 4.04. The van der Waals surface area contributed by atoms with Crippen molar-refractivity contribution in [1.82, 2.24) is 15.3 Å². The third-order valence-corrected chi connectivity index (χ3v) is 6.86. The molecule has 0 saturated heterocycles. The molecular weight excluding hydrogens is 326 g/mol. The fourth-order valence-electron chi connectivity index (χ4n) is 3.31. The van der Waals surface area contributed by atoms with E-state index in [4.69, 9.17) is 0 Å². The van der Waals surface area contributed by atoms with Gasteiger partial charge in [0.2, 0.25) is 5.91 Å². The first-order valence-corrected chi connectivity index (χ1v) is 10.1. The average Bonchev–Trinajstić information content (AvgIpc) is 3.17. The van der Waals surface area contributed by atoms with Gasteiger partial charge in [0.25, 0.3) is 0 Å². The molecule has 1 N–H and O–H groups in total. The van der Waals surface area contributed by atoms with Gasteiger partial charge in [-0.15, -0.1) is 11.3 Å². The van der Waals surface area contributed by atoms with E-state index in [0.29, 0.717) is 17.7 Å². The molecule has 0 aromatic carbocycles. The molecular formula is C17H21N3OS2. The summed E-state index contributed by atoms with van der Waals surface area (Å²) in [5, 5.41) is 5.32. The van der Waals surface area contributed by atoms with Crippen molar-refractivity contribution in [2.75, 3.05) is 5.75 Å². The molecule has 122 valence electrons. The molecule has 2 aliphatic rings. The lowest BCUT2D eigenvalue weighted by Gasteiger charge is -2.12. The molecule has 1 saturated carbocycles. The normalized spacial score (nSPS) is 18.2. The number of nitrogens with zero attached hydrogens (tertiary/aromatic N) is 2. The van der Waals surface area contributed by atoms with Crippen LogP contribution in [0.3, 0.4) is 0 Å². The molecule has 2 aliphatic carbocycles. The van der Waals surface area contributed by atoms with Gasteiger partial charge in [-0.1, -0.05) is 11.8 Å². The maximum absolute atomic E-state index is 12.2. The first kappa shape index (κ1) is 15.4. The number of carbonyl (C=O) groups is 1. The Morgan fingerprint density at radius 1 is 1.39 bits per heavy atom. The van der Waals surface area contributed by atoms with Gasteiger partial charge in [-0.2, -0.15) is 0 Å². The number of aryl methyl sites for hydroxylation is 3. The molecule has 2 heterocycles. The number of rotatable bonds is 5. The van der Waals surface area contributed by atoms with Gasteiger partial charge in [0.15, 0.2) is 0 Å². The molecule has 0 bridgehead atoms. The third-order valence-electron chi connectivity index (χ3n) is 4.70. The number of aromatic nitrogens is 2. The summed E-state index contributed by atoms with van der Waals surface area (Å²) in [5.41, 5.74) is 1.43. The number of hydrogen-bond donors (Lipinski definition) is 1. The Hall–Kier alpha value is -1.14. The molecule has 6 heteroatoms. The summed E-state index contributed by atoms with van der Waals surface area (Å²) in [6.07, 6.45) is 6.02. The van der Waals surface area contributed by atoms with Crippen LogP contribution in [-0.2, 0) is 17.6 Å². The van der Waals surface area contributed by atoms with Gasteiger partial charge < -0.3 is 5.32 Å². The van der Waals surface area contributed by atoms with Crippen molar-refractivity contribution in [3.63, 3.8) is 0 Å². The molecule has 4 nitrogen and oxygen atoms in total. The Bertz CT molecular complexity index is 767. The van der Waals surface area contributed by atoms with E-state index in [1.165, 1.54) is 41.5 Å². The summed E-state index contributed by atoms with van der Waals surface area (Å²) in [6, 6.07) is 0.306. The number of thioether (sulfide) groups is 1. The topological polar surface area (TPSA) is 54.9 Å². The first-order valence-electron chi connectivity index (χ1n) is 8.33. The van der Waals surface area contributed by atoms with Gasteiger partial charge in [-0.05, 0) is 57.4 Å². The summed E-state index contributed by atoms with van der Waals surface area (Å²) >= 11 is 3.37. The molecule has 1 atom stereocenters. The highest BCUT2D eigenvalue weighted by atomic mass is 32.2. The van der Waals surface area contributed by atoms with Crippen molar-refractivity contribution >= 4 is 39.2 Å². The van der Waals surface area contributed by atoms with E-state index in [1.807, 2.05) is 6.92 Å². The highest BCUT2D eigenvalue weighted by Crippen LogP contribution is 2.40. The van der Waals surface area contributed by atoms with Crippen molar-refractivity contribution in [1.29, 1.82) is 0 Å². The summed E-state index contributed by atoms with van der Waals surface area (Å²) in [4.78, 5) is 24.0. The monoisotopic (exact) mass is 347 g/mol. The van der Waals surface area contributed by atoms with Crippen LogP contribution < -0.4 is 5.32 Å². The van der Waals surface area contributed by atoms with Crippen molar-refractivity contribution in [2.24, 2.45) is 5.92 Å². The number of amides is 1. The lowest BCUT2D eigenvalue weighted by atomic mass is 10.2. The number of nitrogens with one attached hydrogen (secondary N) is 1. The van der Waals surface area contributed by atoms with Crippen LogP contribution >= 0.6 is 23.1 Å². The number of carbonyl (C=O) groups excluding carboxylic acids is 1. The van der Waals surface area contributed by atoms with Crippen LogP contribution in [0.5, 0.6) is 0 Å². The second kappa shape index (κ2) is 6.06. The maximum atomic E-state index is 12.2. The van der Waals surface area contributed by atoms with Gasteiger partial charge in [0.05, 0.1) is 5.75 Å². The maximum Gasteiger partial charge on any atom is 0.230 e. The van der Waals surface area contributed by atoms with Crippen LogP contribution in [0.1, 0.15) is 42.5 Å². The minimum Gasteiger partial charge on any atom is -0.353 e. The second-order valence-electron chi connectivity index (χ2n) is 6.60. The first-order chi connectivity index (χ1) is 11.1. The Labute approximate surface area is 144 Å². The van der Waals surface area contributed by atoms with Crippen molar-refractivity contribution < 1.29 is 4.79 Å². The van der Waals surface area contributed by atoms with Gasteiger partial charge in [-0.3, -0.25) is 4.79 Å². The molecule has 4 rings (SSSR count). The average molecular weight is 348 g/mol. The van der Waals surface area contributed by atoms with Crippen LogP contribution in [0, 0.1) is 12.8 Å². The molecule has 2 aromatic rings. The van der Waals surface area contributed by atoms with E-state index in [2.05, 4.69) is 22.2 Å². The zero-order valence-corrected chi connectivity index (χ0v) is 15.1.